The summed E-state index contributed by atoms with van der Waals surface area (Å²) in [6.07, 6.45) is -32.9. The quantitative estimate of drug-likeness (QED) is 0.0298. The molecule has 0 aromatic heterocycles. The molecular formula is C51H60O27. The molecule has 0 amide bonds. The van der Waals surface area contributed by atoms with Crippen LogP contribution in [0.2, 0.25) is 0 Å². The molecule has 27 heteroatoms. The molecule has 78 heavy (non-hydrogen) atoms. The number of ether oxygens (including phenoxy) is 11. The summed E-state index contributed by atoms with van der Waals surface area (Å²) in [4.78, 5) is 53.1. The molecule has 4 heterocycles. The number of hydrogen-bond acceptors (Lipinski definition) is 27. The minimum atomic E-state index is -2.88. The number of benzene rings is 3. The van der Waals surface area contributed by atoms with Gasteiger partial charge in [-0.15, -0.1) is 0 Å². The molecule has 0 bridgehead atoms. The van der Waals surface area contributed by atoms with Crippen molar-refractivity contribution in [3.05, 3.63) is 108 Å². The maximum atomic E-state index is 13.9. The summed E-state index contributed by atoms with van der Waals surface area (Å²) in [6, 6.07) is 18.3. The zero-order valence-corrected chi connectivity index (χ0v) is 41.2. The third-order valence-electron chi connectivity index (χ3n) is 12.8. The maximum Gasteiger partial charge on any atom is 0.338 e. The Bertz CT molecular complexity index is 2510. The molecule has 0 aliphatic carbocycles. The van der Waals surface area contributed by atoms with Gasteiger partial charge < -0.3 is 113 Å². The highest BCUT2D eigenvalue weighted by Gasteiger charge is 2.64. The predicted molar refractivity (Wildman–Crippen MR) is 255 cm³/mol. The summed E-state index contributed by atoms with van der Waals surface area (Å²) >= 11 is 0. The summed E-state index contributed by atoms with van der Waals surface area (Å²) in [6.45, 7) is -4.11. The van der Waals surface area contributed by atoms with Crippen LogP contribution in [0.4, 0.5) is 0 Å². The van der Waals surface area contributed by atoms with Crippen molar-refractivity contribution in [3.8, 4) is 11.5 Å². The van der Waals surface area contributed by atoms with Gasteiger partial charge in [0, 0.05) is 19.1 Å². The Kier molecular flexibility index (Phi) is 20.4. The van der Waals surface area contributed by atoms with Gasteiger partial charge in [0.1, 0.15) is 104 Å². The topological polar surface area (TPSA) is 413 Å². The van der Waals surface area contributed by atoms with E-state index in [4.69, 9.17) is 52.1 Å². The first-order chi connectivity index (χ1) is 37.3. The maximum absolute atomic E-state index is 13.9. The van der Waals surface area contributed by atoms with Crippen molar-refractivity contribution in [3.63, 3.8) is 0 Å². The van der Waals surface area contributed by atoms with Crippen LogP contribution in [0.25, 0.3) is 12.2 Å². The van der Waals surface area contributed by atoms with Crippen LogP contribution in [0.15, 0.2) is 91.0 Å². The second-order valence-electron chi connectivity index (χ2n) is 18.3. The molecule has 7 rings (SSSR count). The van der Waals surface area contributed by atoms with Gasteiger partial charge >= 0.3 is 23.9 Å². The average Bonchev–Trinajstić information content (AvgIpc) is 3.81. The third kappa shape index (κ3) is 14.2. The minimum Gasteiger partial charge on any atom is -0.508 e. The largest absolute Gasteiger partial charge is 0.508 e. The Morgan fingerprint density at radius 1 is 0.538 bits per heavy atom. The standard InChI is InChI=1S/C51H60O27/c1-24(55)68-22-33-37(61)40(64)42(66)49(72-33)74-44-43(73-35(59)18-12-26-9-15-29(57)16-10-26)32(21-54)71-50(45(44)75-48-41(65)39(63)36(60)30(19-52)70-48)78-51(23-69-34(58)17-11-25-7-13-28(56)14-8-25)46(38(62)31(20-53)77-51)76-47(67)27-5-3-2-4-6-27/h2-18,30-33,36-46,48-50,52-54,56-57,60-66H,19-23H2,1H3. The number of phenolic OH excluding ortho intramolecular Hbond substituents is 2. The second kappa shape index (κ2) is 26.7. The highest BCUT2D eigenvalue weighted by molar-refractivity contribution is 5.90. The molecule has 4 fully saturated rings. The molecule has 426 valence electrons. The molecule has 4 saturated heterocycles. The van der Waals surface area contributed by atoms with Crippen molar-refractivity contribution in [2.75, 3.05) is 33.0 Å². The Morgan fingerprint density at radius 2 is 1.05 bits per heavy atom. The molecule has 19 unspecified atom stereocenters. The fourth-order valence-corrected chi connectivity index (χ4v) is 8.66. The van der Waals surface area contributed by atoms with Crippen LogP contribution in [-0.4, -0.2) is 234 Å². The number of carbonyl (C=O) groups excluding carboxylic acids is 4. The van der Waals surface area contributed by atoms with Gasteiger partial charge in [0.25, 0.3) is 0 Å². The van der Waals surface area contributed by atoms with Crippen LogP contribution in [0.1, 0.15) is 28.4 Å². The van der Waals surface area contributed by atoms with Crippen LogP contribution in [-0.2, 0) is 66.5 Å². The van der Waals surface area contributed by atoms with E-state index in [0.29, 0.717) is 11.1 Å². The lowest BCUT2D eigenvalue weighted by molar-refractivity contribution is -0.421. The number of aliphatic hydroxyl groups excluding tert-OH is 10. The predicted octanol–water partition coefficient (Wildman–Crippen LogP) is -3.37. The van der Waals surface area contributed by atoms with Crippen molar-refractivity contribution >= 4 is 36.0 Å². The fourth-order valence-electron chi connectivity index (χ4n) is 8.66. The van der Waals surface area contributed by atoms with Gasteiger partial charge in [0.15, 0.2) is 31.1 Å². The van der Waals surface area contributed by atoms with Crippen LogP contribution < -0.4 is 0 Å². The Morgan fingerprint density at radius 3 is 1.60 bits per heavy atom. The normalized spacial score (nSPS) is 35.1. The Balaban J connectivity index is 1.36. The number of carbonyl (C=O) groups is 4. The van der Waals surface area contributed by atoms with Crippen molar-refractivity contribution in [2.24, 2.45) is 0 Å². The lowest BCUT2D eigenvalue weighted by Crippen LogP contribution is -2.69. The number of phenols is 2. The number of aromatic hydroxyl groups is 2. The van der Waals surface area contributed by atoms with Gasteiger partial charge in [-0.1, -0.05) is 42.5 Å². The number of rotatable bonds is 20. The number of esters is 4. The molecule has 12 N–H and O–H groups in total. The smallest absolute Gasteiger partial charge is 0.338 e. The van der Waals surface area contributed by atoms with E-state index in [2.05, 4.69) is 0 Å². The van der Waals surface area contributed by atoms with E-state index in [-0.39, 0.29) is 17.1 Å². The summed E-state index contributed by atoms with van der Waals surface area (Å²) in [5, 5.41) is 129. The summed E-state index contributed by atoms with van der Waals surface area (Å²) < 4.78 is 65.2. The number of hydrogen-bond donors (Lipinski definition) is 12. The van der Waals surface area contributed by atoms with Gasteiger partial charge in [-0.3, -0.25) is 4.79 Å². The summed E-state index contributed by atoms with van der Waals surface area (Å²) in [7, 11) is 0. The van der Waals surface area contributed by atoms with Gasteiger partial charge in [0.2, 0.25) is 5.79 Å². The molecule has 0 saturated carbocycles. The molecular weight excluding hydrogens is 1040 g/mol. The second-order valence-corrected chi connectivity index (χ2v) is 18.3. The van der Waals surface area contributed by atoms with Crippen LogP contribution in [0.5, 0.6) is 11.5 Å². The molecule has 4 aliphatic rings. The minimum absolute atomic E-state index is 0.0793. The highest BCUT2D eigenvalue weighted by Crippen LogP contribution is 2.42. The van der Waals surface area contributed by atoms with Crippen LogP contribution in [0, 0.1) is 0 Å². The van der Waals surface area contributed by atoms with E-state index in [1.54, 1.807) is 6.07 Å². The van der Waals surface area contributed by atoms with Crippen molar-refractivity contribution < 1.29 is 133 Å². The van der Waals surface area contributed by atoms with E-state index >= 15 is 0 Å². The Labute approximate surface area is 443 Å². The lowest BCUT2D eigenvalue weighted by atomic mass is 9.95. The molecule has 3 aromatic carbocycles. The lowest BCUT2D eigenvalue weighted by Gasteiger charge is -2.50. The first-order valence-corrected chi connectivity index (χ1v) is 24.2. The van der Waals surface area contributed by atoms with E-state index in [1.807, 2.05) is 0 Å². The molecule has 0 radical (unpaired) electrons. The van der Waals surface area contributed by atoms with E-state index < -0.39 is 173 Å². The molecule has 4 aliphatic heterocycles. The molecule has 19 atom stereocenters. The first-order valence-electron chi connectivity index (χ1n) is 24.2. The Hall–Kier alpha value is -6.06. The van der Waals surface area contributed by atoms with Gasteiger partial charge in [-0.05, 0) is 59.7 Å². The zero-order valence-electron chi connectivity index (χ0n) is 41.2. The van der Waals surface area contributed by atoms with Crippen molar-refractivity contribution in [1.29, 1.82) is 0 Å². The summed E-state index contributed by atoms with van der Waals surface area (Å²) in [5.41, 5.74) is 0.671. The van der Waals surface area contributed by atoms with Crippen molar-refractivity contribution in [2.45, 2.75) is 123 Å². The summed E-state index contributed by atoms with van der Waals surface area (Å²) in [5.74, 6) is -7.41. The third-order valence-corrected chi connectivity index (χ3v) is 12.8. The van der Waals surface area contributed by atoms with E-state index in [0.717, 1.165) is 19.1 Å². The zero-order chi connectivity index (χ0) is 56.4. The van der Waals surface area contributed by atoms with E-state index in [1.165, 1.54) is 84.9 Å². The van der Waals surface area contributed by atoms with Gasteiger partial charge in [-0.2, -0.15) is 0 Å². The molecule has 0 spiro atoms. The monoisotopic (exact) mass is 1100 g/mol. The van der Waals surface area contributed by atoms with Gasteiger partial charge in [0.05, 0.1) is 25.4 Å². The van der Waals surface area contributed by atoms with Crippen molar-refractivity contribution in [1.82, 2.24) is 0 Å². The fraction of sp³-hybridized carbons (Fsp3) is 0.490. The average molecular weight is 1110 g/mol. The first kappa shape index (κ1) is 59.6. The van der Waals surface area contributed by atoms with Crippen LogP contribution >= 0.6 is 0 Å². The highest BCUT2D eigenvalue weighted by atomic mass is 16.8. The van der Waals surface area contributed by atoms with E-state index in [9.17, 15) is 80.5 Å². The molecule has 3 aromatic rings. The van der Waals surface area contributed by atoms with Gasteiger partial charge in [-0.25, -0.2) is 14.4 Å². The molecule has 27 nitrogen and oxygen atoms in total. The number of aliphatic hydroxyl groups is 10. The SMILES string of the molecule is CC(=O)OCC1OC(OC2C(OC(=O)C=Cc3ccc(O)cc3)C(CO)OC(OC3(COC(=O)C=Cc4ccc(O)cc4)OC(CO)C(O)C3OC(=O)c3ccccc3)C2OC2OC(CO)C(O)C(O)C2O)C(O)C(O)C1O. The van der Waals surface area contributed by atoms with Crippen LogP contribution in [0.3, 0.4) is 0 Å².